The first kappa shape index (κ1) is 28.6. The molecule has 2 amide bonds. The number of nitrogens with zero attached hydrogens (tertiary/aromatic N) is 4. The lowest BCUT2D eigenvalue weighted by molar-refractivity contribution is -0.382. The van der Waals surface area contributed by atoms with E-state index in [1.165, 1.54) is 18.2 Å². The Morgan fingerprint density at radius 2 is 1.39 bits per heavy atom. The fourth-order valence-electron chi connectivity index (χ4n) is 5.28. The maximum absolute atomic E-state index is 13.8. The third-order valence-electron chi connectivity index (χ3n) is 7.63. The maximum Gasteiger partial charge on any atom is 0.279 e. The zero-order valence-electron chi connectivity index (χ0n) is 24.2. The molecule has 0 radical (unpaired) electrons. The summed E-state index contributed by atoms with van der Waals surface area (Å²) in [5, 5.41) is 19.5. The number of fused-ring (bicyclic) bond motifs is 7. The lowest BCUT2D eigenvalue weighted by Gasteiger charge is -2.10. The second-order valence-corrected chi connectivity index (χ2v) is 10.6. The average Bonchev–Trinajstić information content (AvgIpc) is 3.03. The lowest BCUT2D eigenvalue weighted by Crippen LogP contribution is -2.25. The van der Waals surface area contributed by atoms with Crippen molar-refractivity contribution >= 4 is 72.1 Å². The molecule has 0 atom stereocenters. The van der Waals surface area contributed by atoms with E-state index in [0.29, 0.717) is 40.4 Å². The van der Waals surface area contributed by atoms with Gasteiger partial charge in [0.2, 0.25) is 0 Å². The van der Waals surface area contributed by atoms with Gasteiger partial charge in [-0.15, -0.1) is 0 Å². The van der Waals surface area contributed by atoms with Crippen molar-refractivity contribution in [1.82, 2.24) is 30.6 Å². The van der Waals surface area contributed by atoms with Crippen LogP contribution in [0.1, 0.15) is 60.5 Å². The maximum atomic E-state index is 13.8. The third-order valence-corrected chi connectivity index (χ3v) is 7.63. The number of aromatic nitrogens is 4. The van der Waals surface area contributed by atoms with Gasteiger partial charge in [0.15, 0.2) is 5.43 Å². The minimum atomic E-state index is -0.521. The number of carbonyl (C=O) groups excluding carboxylic acids is 2. The van der Waals surface area contributed by atoms with E-state index in [2.05, 4.69) is 25.6 Å². The topological polar surface area (TPSA) is 173 Å². The molecular formula is C32H29N7O5. The number of aromatic amines is 1. The van der Waals surface area contributed by atoms with Crippen LogP contribution in [0.25, 0.3) is 54.6 Å². The number of nitrogens with one attached hydrogen (secondary N) is 3. The SMILES string of the molecule is CCCCNC(=O)c1ccc2c([N+](=O)[O-])cc3cc4c(=O)c5ccc6ccc(C(=O)NCCCC)nc6c5[nH]c4nc3c2n1. The van der Waals surface area contributed by atoms with Gasteiger partial charge in [-0.1, -0.05) is 38.8 Å². The van der Waals surface area contributed by atoms with Crippen molar-refractivity contribution in [3.05, 3.63) is 80.3 Å². The molecular weight excluding hydrogens is 562 g/mol. The van der Waals surface area contributed by atoms with Crippen molar-refractivity contribution < 1.29 is 14.5 Å². The standard InChI is InChI=1S/C32H29N7O5/c1-3-5-13-33-31(41)22-11-8-17-7-9-20-28(25(17)35-22)38-30-21(29(20)40)15-18-16-24(39(43)44)19-10-12-23(32(42)34-14-6-4-2)36-27(19)26(18)37-30/h7-12,15-16H,3-6,13-14H2,1-2H3,(H,33,41)(H,34,42)(H,37,38,40). The van der Waals surface area contributed by atoms with E-state index in [1.54, 1.807) is 30.3 Å². The van der Waals surface area contributed by atoms with Gasteiger partial charge in [-0.05, 0) is 43.2 Å². The normalized spacial score (nSPS) is 11.5. The Hall–Kier alpha value is -5.52. The number of carbonyl (C=O) groups is 2. The number of hydrogen-bond acceptors (Lipinski definition) is 8. The molecule has 6 aromatic rings. The number of nitro benzene ring substituents is 1. The first-order valence-corrected chi connectivity index (χ1v) is 14.6. The van der Waals surface area contributed by atoms with Crippen LogP contribution in [0, 0.1) is 10.1 Å². The molecule has 0 aliphatic carbocycles. The van der Waals surface area contributed by atoms with E-state index in [0.717, 1.165) is 31.1 Å². The summed E-state index contributed by atoms with van der Waals surface area (Å²) in [6, 6.07) is 12.7. The van der Waals surface area contributed by atoms with Crippen molar-refractivity contribution in [2.45, 2.75) is 39.5 Å². The van der Waals surface area contributed by atoms with Crippen LogP contribution in [0.4, 0.5) is 5.69 Å². The number of H-pyrrole nitrogens is 1. The lowest BCUT2D eigenvalue weighted by atomic mass is 10.0. The number of non-ortho nitro benzene ring substituents is 1. The van der Waals surface area contributed by atoms with E-state index in [4.69, 9.17) is 4.98 Å². The predicted molar refractivity (Wildman–Crippen MR) is 169 cm³/mol. The highest BCUT2D eigenvalue weighted by atomic mass is 16.6. The molecule has 0 saturated carbocycles. The van der Waals surface area contributed by atoms with Crippen LogP contribution >= 0.6 is 0 Å². The van der Waals surface area contributed by atoms with Crippen molar-refractivity contribution in [3.8, 4) is 0 Å². The second-order valence-electron chi connectivity index (χ2n) is 10.6. The van der Waals surface area contributed by atoms with Gasteiger partial charge >= 0.3 is 0 Å². The number of rotatable bonds is 9. The molecule has 6 rings (SSSR count). The predicted octanol–water partition coefficient (Wildman–Crippen LogP) is 5.29. The first-order valence-electron chi connectivity index (χ1n) is 14.6. The highest BCUT2D eigenvalue weighted by molar-refractivity contribution is 6.13. The average molecular weight is 592 g/mol. The number of benzene rings is 2. The zero-order valence-corrected chi connectivity index (χ0v) is 24.2. The van der Waals surface area contributed by atoms with E-state index in [9.17, 15) is 24.5 Å². The number of unbranched alkanes of at least 4 members (excludes halogenated alkanes) is 2. The van der Waals surface area contributed by atoms with Crippen LogP contribution < -0.4 is 16.1 Å². The van der Waals surface area contributed by atoms with Crippen molar-refractivity contribution in [2.75, 3.05) is 13.1 Å². The minimum Gasteiger partial charge on any atom is -0.351 e. The number of pyridine rings is 4. The Morgan fingerprint density at radius 1 is 0.773 bits per heavy atom. The van der Waals surface area contributed by atoms with Crippen LogP contribution in [-0.4, -0.2) is 49.8 Å². The van der Waals surface area contributed by atoms with E-state index >= 15 is 0 Å². The van der Waals surface area contributed by atoms with Gasteiger partial charge in [-0.25, -0.2) is 15.0 Å². The van der Waals surface area contributed by atoms with Crippen LogP contribution in [-0.2, 0) is 0 Å². The van der Waals surface area contributed by atoms with Gasteiger partial charge < -0.3 is 15.6 Å². The summed E-state index contributed by atoms with van der Waals surface area (Å²) < 4.78 is 0. The number of hydrogen-bond donors (Lipinski definition) is 3. The number of amides is 2. The van der Waals surface area contributed by atoms with Gasteiger partial charge in [0, 0.05) is 35.3 Å². The summed E-state index contributed by atoms with van der Waals surface area (Å²) in [5.41, 5.74) is 1.29. The summed E-state index contributed by atoms with van der Waals surface area (Å²) in [6.45, 7) is 5.06. The molecule has 4 aromatic heterocycles. The molecule has 4 heterocycles. The number of nitro groups is 1. The van der Waals surface area contributed by atoms with E-state index in [1.807, 2.05) is 13.8 Å². The zero-order chi connectivity index (χ0) is 31.0. The van der Waals surface area contributed by atoms with Gasteiger partial charge in [0.25, 0.3) is 17.5 Å². The molecule has 3 N–H and O–H groups in total. The van der Waals surface area contributed by atoms with Crippen molar-refractivity contribution in [1.29, 1.82) is 0 Å². The Bertz CT molecular complexity index is 2210. The summed E-state index contributed by atoms with van der Waals surface area (Å²) in [7, 11) is 0. The van der Waals surface area contributed by atoms with Crippen LogP contribution in [0.2, 0.25) is 0 Å². The smallest absolute Gasteiger partial charge is 0.279 e. The van der Waals surface area contributed by atoms with Gasteiger partial charge in [0.05, 0.1) is 32.2 Å². The van der Waals surface area contributed by atoms with Crippen molar-refractivity contribution in [3.63, 3.8) is 0 Å². The monoisotopic (exact) mass is 591 g/mol. The van der Waals surface area contributed by atoms with Gasteiger partial charge in [0.1, 0.15) is 22.6 Å². The Kier molecular flexibility index (Phi) is 7.56. The molecule has 0 bridgehead atoms. The quantitative estimate of drug-likeness (QED) is 0.0668. The molecule has 222 valence electrons. The Labute approximate surface area is 250 Å². The molecule has 0 unspecified atom stereocenters. The summed E-state index contributed by atoms with van der Waals surface area (Å²) in [6.07, 6.45) is 3.50. The van der Waals surface area contributed by atoms with Gasteiger partial charge in [-0.3, -0.25) is 24.5 Å². The molecule has 0 spiro atoms. The molecule has 0 aliphatic heterocycles. The molecule has 0 saturated heterocycles. The first-order chi connectivity index (χ1) is 21.3. The molecule has 2 aromatic carbocycles. The van der Waals surface area contributed by atoms with Crippen LogP contribution in [0.3, 0.4) is 0 Å². The van der Waals surface area contributed by atoms with Gasteiger partial charge in [-0.2, -0.15) is 0 Å². The molecule has 12 heteroatoms. The van der Waals surface area contributed by atoms with Crippen LogP contribution in [0.5, 0.6) is 0 Å². The fourth-order valence-corrected chi connectivity index (χ4v) is 5.28. The van der Waals surface area contributed by atoms with Crippen LogP contribution in [0.15, 0.2) is 53.3 Å². The summed E-state index contributed by atoms with van der Waals surface area (Å²) in [5.74, 6) is -0.703. The van der Waals surface area contributed by atoms with Crippen molar-refractivity contribution in [2.24, 2.45) is 0 Å². The third kappa shape index (κ3) is 5.04. The minimum absolute atomic E-state index is 0.101. The highest BCUT2D eigenvalue weighted by Crippen LogP contribution is 2.33. The van der Waals surface area contributed by atoms with E-state index in [-0.39, 0.29) is 50.3 Å². The molecule has 44 heavy (non-hydrogen) atoms. The summed E-state index contributed by atoms with van der Waals surface area (Å²) in [4.78, 5) is 67.8. The largest absolute Gasteiger partial charge is 0.351 e. The molecule has 0 fully saturated rings. The van der Waals surface area contributed by atoms with E-state index < -0.39 is 10.8 Å². The Morgan fingerprint density at radius 3 is 2.05 bits per heavy atom. The Balaban J connectivity index is 1.58. The summed E-state index contributed by atoms with van der Waals surface area (Å²) >= 11 is 0. The second kappa shape index (κ2) is 11.6. The molecule has 0 aliphatic rings. The fraction of sp³-hybridized carbons (Fsp3) is 0.250. The molecule has 12 nitrogen and oxygen atoms in total. The highest BCUT2D eigenvalue weighted by Gasteiger charge is 2.21.